The number of aliphatic hydroxyl groups excluding tert-OH is 2. The van der Waals surface area contributed by atoms with Crippen molar-refractivity contribution in [2.45, 2.75) is 130 Å². The van der Waals surface area contributed by atoms with E-state index in [0.717, 1.165) is 30.1 Å². The molecule has 48 heavy (non-hydrogen) atoms. The summed E-state index contributed by atoms with van der Waals surface area (Å²) in [5.74, 6) is 3.01. The molecule has 2 aliphatic rings. The molecular weight excluding hydrogens is 655 g/mol. The molecule has 0 saturated carbocycles. The molecule has 12 heteroatoms. The second kappa shape index (κ2) is 32.4. The van der Waals surface area contributed by atoms with E-state index in [1.54, 1.807) is 12.2 Å². The third-order valence-corrected chi connectivity index (χ3v) is 10.1. The predicted molar refractivity (Wildman–Crippen MR) is 200 cm³/mol. The van der Waals surface area contributed by atoms with Gasteiger partial charge in [-0.2, -0.15) is 0 Å². The molecule has 0 fully saturated rings. The summed E-state index contributed by atoms with van der Waals surface area (Å²) in [5.41, 5.74) is -0.692. The Morgan fingerprint density at radius 3 is 1.88 bits per heavy atom. The number of ether oxygens (including phenoxy) is 2. The monoisotopic (exact) mass is 719 g/mol. The van der Waals surface area contributed by atoms with Crippen LogP contribution in [-0.4, -0.2) is 77.6 Å². The van der Waals surface area contributed by atoms with Crippen molar-refractivity contribution >= 4 is 22.4 Å². The Kier molecular flexibility index (Phi) is 32.6. The Morgan fingerprint density at radius 2 is 1.40 bits per heavy atom. The van der Waals surface area contributed by atoms with Crippen molar-refractivity contribution in [2.75, 3.05) is 37.3 Å². The van der Waals surface area contributed by atoms with E-state index in [1.807, 2.05) is 18.2 Å². The van der Waals surface area contributed by atoms with Crippen molar-refractivity contribution in [1.82, 2.24) is 0 Å². The summed E-state index contributed by atoms with van der Waals surface area (Å²) in [6.07, 6.45) is 19.5. The number of benzene rings is 1. The summed E-state index contributed by atoms with van der Waals surface area (Å²) in [6.45, 7) is 13.2. The molecule has 1 aliphatic heterocycles. The number of fused-ring (bicyclic) bond motifs is 1. The van der Waals surface area contributed by atoms with Gasteiger partial charge in [-0.15, -0.1) is 0 Å². The Bertz CT molecular complexity index is 953. The van der Waals surface area contributed by atoms with Gasteiger partial charge in [0.1, 0.15) is 22.5 Å². The van der Waals surface area contributed by atoms with Crippen molar-refractivity contribution in [1.29, 1.82) is 0 Å². The second-order valence-electron chi connectivity index (χ2n) is 11.5. The Balaban J connectivity index is 0. The summed E-state index contributed by atoms with van der Waals surface area (Å²) in [6, 6.07) is 6.01. The first-order valence-corrected chi connectivity index (χ1v) is 20.4. The fraction of sp³-hybridized carbons (Fsp3) is 0.722. The molecule has 3 atom stereocenters. The molecule has 10 nitrogen and oxygen atoms in total. The highest BCUT2D eigenvalue weighted by molar-refractivity contribution is 7.92. The largest absolute Gasteiger partial charge is 0.616 e. The number of nitro groups is 1. The number of allylic oxidation sites excluding steroid dienone is 2. The molecule has 3 N–H and O–H groups in total. The Labute approximate surface area is 296 Å². The molecule has 3 unspecified atom stereocenters. The zero-order valence-corrected chi connectivity index (χ0v) is 32.0. The summed E-state index contributed by atoms with van der Waals surface area (Å²) in [5, 5.41) is 35.8. The number of unbranched alkanes of at least 4 members (excludes halogenated alkanes) is 7. The van der Waals surface area contributed by atoms with Gasteiger partial charge in [0, 0.05) is 12.5 Å². The van der Waals surface area contributed by atoms with E-state index in [9.17, 15) is 19.2 Å². The molecule has 0 saturated heterocycles. The van der Waals surface area contributed by atoms with E-state index in [1.165, 1.54) is 75.5 Å². The van der Waals surface area contributed by atoms with Crippen LogP contribution in [0.2, 0.25) is 0 Å². The molecule has 1 heterocycles. The van der Waals surface area contributed by atoms with Gasteiger partial charge >= 0.3 is 5.72 Å². The maximum atomic E-state index is 12.3. The summed E-state index contributed by atoms with van der Waals surface area (Å²) in [7, 11) is 0. The van der Waals surface area contributed by atoms with Crippen LogP contribution in [0.25, 0.3) is 0 Å². The average Bonchev–Trinajstić information content (AvgIpc) is 3.56. The third-order valence-electron chi connectivity index (χ3n) is 7.09. The van der Waals surface area contributed by atoms with Crippen LogP contribution >= 0.6 is 0 Å². The average molecular weight is 720 g/mol. The van der Waals surface area contributed by atoms with Gasteiger partial charge in [-0.1, -0.05) is 121 Å². The minimum absolute atomic E-state index is 0.0521. The molecule has 3 rings (SSSR count). The smallest absolute Gasteiger partial charge is 0.345 e. The van der Waals surface area contributed by atoms with Gasteiger partial charge in [0.15, 0.2) is 11.5 Å². The van der Waals surface area contributed by atoms with Gasteiger partial charge in [0.25, 0.3) is 0 Å². The van der Waals surface area contributed by atoms with Gasteiger partial charge in [0.2, 0.25) is 6.79 Å². The third kappa shape index (κ3) is 25.2. The maximum absolute atomic E-state index is 12.3. The minimum Gasteiger partial charge on any atom is -0.616 e. The maximum Gasteiger partial charge on any atom is 0.345 e. The SMILES string of the molecule is CCCC.CCCC.CCCCCCCC[S+]([O-])C(C)Cc1ccc2c(c1)OCO2.O=[N+]([O-])C1(O)C=CC=CC1.[O-][S+](CCO)CCO. The summed E-state index contributed by atoms with van der Waals surface area (Å²) < 4.78 is 33.5. The minimum atomic E-state index is -1.87. The van der Waals surface area contributed by atoms with Crippen LogP contribution in [-0.2, 0) is 28.8 Å². The highest BCUT2D eigenvalue weighted by atomic mass is 32.2. The molecule has 1 aromatic carbocycles. The van der Waals surface area contributed by atoms with Gasteiger partial charge in [-0.05, 0) is 48.6 Å². The normalized spacial score (nSPS) is 16.6. The molecule has 1 aliphatic carbocycles. The number of rotatable bonds is 17. The van der Waals surface area contributed by atoms with E-state index in [0.29, 0.717) is 6.79 Å². The number of nitrogens with zero attached hydrogens (tertiary/aromatic N) is 1. The first kappa shape index (κ1) is 48.3. The van der Waals surface area contributed by atoms with Crippen LogP contribution in [0.1, 0.15) is 118 Å². The molecule has 0 aromatic heterocycles. The predicted octanol–water partition coefficient (Wildman–Crippen LogP) is 7.26. The summed E-state index contributed by atoms with van der Waals surface area (Å²) in [4.78, 5) is 9.45. The fourth-order valence-electron chi connectivity index (χ4n) is 3.76. The van der Waals surface area contributed by atoms with E-state index in [2.05, 4.69) is 41.5 Å². The molecule has 280 valence electrons. The highest BCUT2D eigenvalue weighted by Gasteiger charge is 2.36. The van der Waals surface area contributed by atoms with E-state index >= 15 is 0 Å². The zero-order valence-electron chi connectivity index (χ0n) is 30.4. The van der Waals surface area contributed by atoms with Gasteiger partial charge < -0.3 is 33.9 Å². The lowest BCUT2D eigenvalue weighted by Gasteiger charge is -2.18. The van der Waals surface area contributed by atoms with Crippen LogP contribution < -0.4 is 9.47 Å². The van der Waals surface area contributed by atoms with Crippen molar-refractivity contribution in [2.24, 2.45) is 0 Å². The molecule has 1 aromatic rings. The molecule has 0 spiro atoms. The first-order chi connectivity index (χ1) is 23.0. The Hall–Kier alpha value is -1.80. The lowest BCUT2D eigenvalue weighted by atomic mass is 10.1. The molecule has 0 bridgehead atoms. The van der Waals surface area contributed by atoms with E-state index < -0.39 is 33.0 Å². The standard InChI is InChI=1S/C18H28O3S.C6H7NO3.C4H10O3S.2C4H10/c1-3-4-5-6-7-8-11-22(19)15(2)12-16-9-10-17-18(13-16)21-14-20-17;8-6(7(9)10)4-2-1-3-5-6;5-1-3-8(7)4-2-6;2*1-3-4-2/h9-10,13,15H,3-8,11-12,14H2,1-2H3;1-4,8H,5H2;5-6H,1-4H2;2*3-4H2,1-2H3. The number of hydrogen-bond donors (Lipinski definition) is 3. The number of hydrogen-bond acceptors (Lipinski definition) is 9. The molecular formula is C36H65NO9S2. The highest BCUT2D eigenvalue weighted by Crippen LogP contribution is 2.33. The van der Waals surface area contributed by atoms with Crippen molar-refractivity contribution in [3.8, 4) is 11.5 Å². The van der Waals surface area contributed by atoms with Gasteiger partial charge in [-0.3, -0.25) is 10.1 Å². The van der Waals surface area contributed by atoms with E-state index in [4.69, 9.17) is 24.8 Å². The van der Waals surface area contributed by atoms with Crippen LogP contribution in [0, 0.1) is 10.1 Å². The first-order valence-electron chi connectivity index (χ1n) is 17.5. The molecule has 0 amide bonds. The van der Waals surface area contributed by atoms with Crippen LogP contribution in [0.3, 0.4) is 0 Å². The lowest BCUT2D eigenvalue weighted by molar-refractivity contribution is -0.607. The number of aliphatic hydroxyl groups is 3. The van der Waals surface area contributed by atoms with Gasteiger partial charge in [0.05, 0.1) is 24.6 Å². The quantitative estimate of drug-likeness (QED) is 0.0493. The second-order valence-corrected chi connectivity index (χ2v) is 15.1. The van der Waals surface area contributed by atoms with E-state index in [-0.39, 0.29) is 36.4 Å². The van der Waals surface area contributed by atoms with Crippen LogP contribution in [0.4, 0.5) is 0 Å². The van der Waals surface area contributed by atoms with Crippen molar-refractivity contribution < 1.29 is 38.8 Å². The van der Waals surface area contributed by atoms with Crippen molar-refractivity contribution in [3.63, 3.8) is 0 Å². The zero-order chi connectivity index (χ0) is 36.6. The molecule has 0 radical (unpaired) electrons. The van der Waals surface area contributed by atoms with Crippen LogP contribution in [0.15, 0.2) is 42.5 Å². The summed E-state index contributed by atoms with van der Waals surface area (Å²) >= 11 is -1.76. The lowest BCUT2D eigenvalue weighted by Crippen LogP contribution is -2.35. The fourth-order valence-corrected chi connectivity index (χ4v) is 5.64. The van der Waals surface area contributed by atoms with Crippen LogP contribution in [0.5, 0.6) is 11.5 Å². The van der Waals surface area contributed by atoms with Gasteiger partial charge in [-0.25, -0.2) is 0 Å². The topological polar surface area (TPSA) is 168 Å². The Morgan fingerprint density at radius 1 is 0.833 bits per heavy atom. The van der Waals surface area contributed by atoms with Crippen molar-refractivity contribution in [3.05, 3.63) is 58.2 Å².